The van der Waals surface area contributed by atoms with E-state index in [4.69, 9.17) is 0 Å². The van der Waals surface area contributed by atoms with E-state index >= 15 is 0 Å². The number of rotatable bonds is 5. The molecule has 190 valence electrons. The molecule has 1 atom stereocenters. The van der Waals surface area contributed by atoms with Crippen molar-refractivity contribution in [3.8, 4) is 6.07 Å². The van der Waals surface area contributed by atoms with Gasteiger partial charge in [-0.3, -0.25) is 9.10 Å². The number of nitrogens with one attached hydrogen (secondary N) is 2. The summed E-state index contributed by atoms with van der Waals surface area (Å²) >= 11 is 0. The molecular weight excluding hydrogens is 491 g/mol. The van der Waals surface area contributed by atoms with Crippen LogP contribution in [0.1, 0.15) is 46.8 Å². The van der Waals surface area contributed by atoms with Gasteiger partial charge in [0.2, 0.25) is 0 Å². The van der Waals surface area contributed by atoms with E-state index in [0.29, 0.717) is 16.8 Å². The summed E-state index contributed by atoms with van der Waals surface area (Å²) in [4.78, 5) is 13.2. The summed E-state index contributed by atoms with van der Waals surface area (Å²) in [5.74, 6) is -0.802. The minimum atomic E-state index is -3.97. The van der Waals surface area contributed by atoms with E-state index in [0.717, 1.165) is 49.2 Å². The van der Waals surface area contributed by atoms with Crippen LogP contribution in [0.2, 0.25) is 0 Å². The molecule has 2 heterocycles. The second-order valence-corrected chi connectivity index (χ2v) is 11.3. The molecule has 1 spiro atoms. The summed E-state index contributed by atoms with van der Waals surface area (Å²) in [6, 6.07) is 18.8. The predicted octanol–water partition coefficient (Wildman–Crippen LogP) is 3.85. The average Bonchev–Trinajstić information content (AvgIpc) is 3.15. The van der Waals surface area contributed by atoms with E-state index in [1.54, 1.807) is 30.3 Å². The second kappa shape index (κ2) is 9.61. The first-order valence-electron chi connectivity index (χ1n) is 12.2. The third-order valence-corrected chi connectivity index (χ3v) is 9.53. The molecule has 9 heteroatoms. The molecule has 0 saturated carbocycles. The van der Waals surface area contributed by atoms with Gasteiger partial charge in [-0.15, -0.1) is 0 Å². The van der Waals surface area contributed by atoms with Crippen molar-refractivity contribution in [1.82, 2.24) is 10.6 Å². The Morgan fingerprint density at radius 2 is 1.84 bits per heavy atom. The molecule has 0 unspecified atom stereocenters. The Morgan fingerprint density at radius 3 is 2.54 bits per heavy atom. The van der Waals surface area contributed by atoms with Crippen molar-refractivity contribution in [2.75, 3.05) is 17.4 Å². The maximum absolute atomic E-state index is 13.8. The zero-order chi connectivity index (χ0) is 26.2. The number of fused-ring (bicyclic) bond motifs is 2. The quantitative estimate of drug-likeness (QED) is 0.534. The van der Waals surface area contributed by atoms with Crippen LogP contribution in [-0.4, -0.2) is 33.5 Å². The molecule has 2 N–H and O–H groups in total. The highest BCUT2D eigenvalue weighted by Crippen LogP contribution is 2.52. The second-order valence-electron chi connectivity index (χ2n) is 9.52. The predicted molar refractivity (Wildman–Crippen MR) is 138 cm³/mol. The highest BCUT2D eigenvalue weighted by atomic mass is 32.2. The summed E-state index contributed by atoms with van der Waals surface area (Å²) < 4.78 is 42.5. The number of hydrogen-bond donors (Lipinski definition) is 2. The molecule has 37 heavy (non-hydrogen) atoms. The fraction of sp³-hybridized carbons (Fsp3) is 0.286. The van der Waals surface area contributed by atoms with Crippen molar-refractivity contribution >= 4 is 21.6 Å². The van der Waals surface area contributed by atoms with Crippen molar-refractivity contribution in [2.24, 2.45) is 0 Å². The molecule has 0 aromatic heterocycles. The molecule has 7 nitrogen and oxygen atoms in total. The summed E-state index contributed by atoms with van der Waals surface area (Å²) in [7, 11) is -3.97. The van der Waals surface area contributed by atoms with E-state index in [-0.39, 0.29) is 23.4 Å². The van der Waals surface area contributed by atoms with E-state index in [2.05, 4.69) is 16.7 Å². The first-order chi connectivity index (χ1) is 17.8. The third-order valence-electron chi connectivity index (χ3n) is 7.63. The number of piperidine rings is 1. The van der Waals surface area contributed by atoms with Gasteiger partial charge in [0, 0.05) is 17.5 Å². The van der Waals surface area contributed by atoms with E-state index in [1.165, 1.54) is 16.4 Å². The van der Waals surface area contributed by atoms with Crippen molar-refractivity contribution in [3.63, 3.8) is 0 Å². The molecular formula is C28H27FN4O3S. The fourth-order valence-electron chi connectivity index (χ4n) is 5.61. The number of nitrogens with zero attached hydrogens (tertiary/aromatic N) is 2. The number of hydrogen-bond acceptors (Lipinski definition) is 5. The van der Waals surface area contributed by atoms with Crippen LogP contribution in [0.15, 0.2) is 71.6 Å². The minimum Gasteiger partial charge on any atom is -0.348 e. The Labute approximate surface area is 216 Å². The number of nitriles is 1. The largest absolute Gasteiger partial charge is 0.348 e. The number of anilines is 1. The first kappa shape index (κ1) is 24.9. The maximum Gasteiger partial charge on any atom is 0.264 e. The zero-order valence-electron chi connectivity index (χ0n) is 20.4. The van der Waals surface area contributed by atoms with Gasteiger partial charge in [-0.25, -0.2) is 12.8 Å². The summed E-state index contributed by atoms with van der Waals surface area (Å²) in [5, 5.41) is 15.6. The van der Waals surface area contributed by atoms with Crippen molar-refractivity contribution in [1.29, 1.82) is 5.26 Å². The molecule has 1 fully saturated rings. The third kappa shape index (κ3) is 4.26. The number of carbonyl (C=O) groups excluding carboxylic acids is 1. The Bertz CT molecular complexity index is 1490. The highest BCUT2D eigenvalue weighted by molar-refractivity contribution is 7.92. The van der Waals surface area contributed by atoms with Gasteiger partial charge in [-0.05, 0) is 92.5 Å². The molecule has 2 aliphatic heterocycles. The lowest BCUT2D eigenvalue weighted by atomic mass is 9.70. The summed E-state index contributed by atoms with van der Waals surface area (Å²) in [6.07, 6.45) is 1.44. The number of amides is 1. The molecule has 0 radical (unpaired) electrons. The summed E-state index contributed by atoms with van der Waals surface area (Å²) in [6.45, 7) is 3.58. The lowest BCUT2D eigenvalue weighted by Crippen LogP contribution is -2.50. The molecule has 1 amide bonds. The van der Waals surface area contributed by atoms with Crippen molar-refractivity contribution < 1.29 is 17.6 Å². The topological polar surface area (TPSA) is 102 Å². The maximum atomic E-state index is 13.8. The molecule has 5 rings (SSSR count). The number of carbonyl (C=O) groups is 1. The van der Waals surface area contributed by atoms with Crippen LogP contribution in [0.5, 0.6) is 0 Å². The zero-order valence-corrected chi connectivity index (χ0v) is 21.2. The van der Waals surface area contributed by atoms with Crippen LogP contribution in [0.4, 0.5) is 10.1 Å². The van der Waals surface area contributed by atoms with Gasteiger partial charge < -0.3 is 10.6 Å². The van der Waals surface area contributed by atoms with Crippen LogP contribution < -0.4 is 14.9 Å². The van der Waals surface area contributed by atoms with Gasteiger partial charge in [0.05, 0.1) is 28.3 Å². The van der Waals surface area contributed by atoms with Gasteiger partial charge in [-0.1, -0.05) is 18.2 Å². The first-order valence-corrected chi connectivity index (χ1v) is 13.6. The van der Waals surface area contributed by atoms with Crippen LogP contribution >= 0.6 is 0 Å². The average molecular weight is 519 g/mol. The normalized spacial score (nSPS) is 18.3. The smallest absolute Gasteiger partial charge is 0.264 e. The van der Waals surface area contributed by atoms with E-state index < -0.39 is 21.3 Å². The summed E-state index contributed by atoms with van der Waals surface area (Å²) in [5.41, 5.74) is 2.57. The van der Waals surface area contributed by atoms with Crippen molar-refractivity contribution in [2.45, 2.75) is 42.7 Å². The Hall–Kier alpha value is -3.74. The van der Waals surface area contributed by atoms with E-state index in [9.17, 15) is 22.9 Å². The van der Waals surface area contributed by atoms with Crippen molar-refractivity contribution in [3.05, 3.63) is 94.8 Å². The van der Waals surface area contributed by atoms with Gasteiger partial charge in [0.25, 0.3) is 15.9 Å². The standard InChI is InChI=1S/C28H27FN4O3S/c1-19-28(12-14-31-15-13-28)25-16-20(27(34)32-18-22-5-3-2-4-21(22)17-30)6-11-26(25)33(19)37(35,36)24-9-7-23(29)8-10-24/h2-11,16,19,31H,12-15,18H2,1H3,(H,32,34)/t19-/m1/s1. The van der Waals surface area contributed by atoms with Gasteiger partial charge >= 0.3 is 0 Å². The van der Waals surface area contributed by atoms with E-state index in [1.807, 2.05) is 19.1 Å². The highest BCUT2D eigenvalue weighted by Gasteiger charge is 2.53. The van der Waals surface area contributed by atoms with Crippen LogP contribution in [0.25, 0.3) is 0 Å². The van der Waals surface area contributed by atoms with Crippen LogP contribution in [0, 0.1) is 17.1 Å². The van der Waals surface area contributed by atoms with Gasteiger partial charge in [0.1, 0.15) is 5.82 Å². The Balaban J connectivity index is 1.52. The van der Waals surface area contributed by atoms with Crippen LogP contribution in [-0.2, 0) is 22.0 Å². The SMILES string of the molecule is C[C@H]1N(S(=O)(=O)c2ccc(F)cc2)c2ccc(C(=O)NCc3ccccc3C#N)cc2C12CCNCC2. The molecule has 0 bridgehead atoms. The number of sulfonamides is 1. The number of benzene rings is 3. The molecule has 0 aliphatic carbocycles. The Kier molecular flexibility index (Phi) is 6.48. The van der Waals surface area contributed by atoms with Crippen LogP contribution in [0.3, 0.4) is 0 Å². The minimum absolute atomic E-state index is 0.0238. The monoisotopic (exact) mass is 518 g/mol. The Morgan fingerprint density at radius 1 is 1.14 bits per heavy atom. The number of halogens is 1. The molecule has 3 aromatic rings. The lowest BCUT2D eigenvalue weighted by Gasteiger charge is -2.40. The van der Waals surface area contributed by atoms with Gasteiger partial charge in [-0.2, -0.15) is 5.26 Å². The molecule has 1 saturated heterocycles. The fourth-order valence-corrected chi connectivity index (χ4v) is 7.35. The lowest BCUT2D eigenvalue weighted by molar-refractivity contribution is 0.0950. The molecule has 3 aromatic carbocycles. The van der Waals surface area contributed by atoms with Gasteiger partial charge in [0.15, 0.2) is 0 Å². The molecule has 2 aliphatic rings.